The molecule has 0 aromatic heterocycles. The molecule has 0 saturated heterocycles. The molecule has 2 aliphatic heterocycles. The number of carbonyl (C=O) groups is 2. The van der Waals surface area contributed by atoms with Crippen molar-refractivity contribution in [3.8, 4) is 11.5 Å². The number of amidine groups is 1. The van der Waals surface area contributed by atoms with Crippen LogP contribution in [0.4, 0.5) is 0 Å². The monoisotopic (exact) mass is 549 g/mol. The van der Waals surface area contributed by atoms with Gasteiger partial charge in [0.15, 0.2) is 16.7 Å². The highest BCUT2D eigenvalue weighted by Gasteiger charge is 2.41. The second-order valence-corrected chi connectivity index (χ2v) is 10.5. The van der Waals surface area contributed by atoms with Crippen LogP contribution in [-0.4, -0.2) is 53.7 Å². The Hall–Kier alpha value is -3.72. The molecule has 39 heavy (non-hydrogen) atoms. The first-order valence-corrected chi connectivity index (χ1v) is 13.8. The fourth-order valence-electron chi connectivity index (χ4n) is 4.40. The fraction of sp³-hybridized carbons (Fsp3) is 0.367. The molecule has 0 unspecified atom stereocenters. The predicted octanol–water partition coefficient (Wildman–Crippen LogP) is 5.67. The maximum absolute atomic E-state index is 13.4. The molecule has 0 bridgehead atoms. The Bertz CT molecular complexity index is 1320. The number of esters is 1. The van der Waals surface area contributed by atoms with Gasteiger partial charge in [-0.1, -0.05) is 48.2 Å². The van der Waals surface area contributed by atoms with Gasteiger partial charge in [-0.25, -0.2) is 9.79 Å². The summed E-state index contributed by atoms with van der Waals surface area (Å²) >= 11 is 1.45. The van der Waals surface area contributed by atoms with Gasteiger partial charge in [0, 0.05) is 19.3 Å². The van der Waals surface area contributed by atoms with E-state index in [1.54, 1.807) is 19.1 Å². The van der Waals surface area contributed by atoms with E-state index in [4.69, 9.17) is 19.2 Å². The number of allylic oxidation sites excluding steroid dienone is 1. The first-order chi connectivity index (χ1) is 18.7. The molecule has 0 N–H and O–H groups in total. The summed E-state index contributed by atoms with van der Waals surface area (Å²) in [5.74, 6) is 0.685. The summed E-state index contributed by atoms with van der Waals surface area (Å²) in [5.41, 5.74) is 3.63. The first kappa shape index (κ1) is 28.3. The Labute approximate surface area is 234 Å². The van der Waals surface area contributed by atoms with Gasteiger partial charge in [0.2, 0.25) is 5.91 Å². The number of amides is 1. The van der Waals surface area contributed by atoms with Crippen molar-refractivity contribution in [3.63, 3.8) is 0 Å². The first-order valence-electron chi connectivity index (χ1n) is 13.0. The quantitative estimate of drug-likeness (QED) is 0.353. The molecule has 1 atom stereocenters. The molecule has 206 valence electrons. The SMILES string of the molecule is CCN(C)C(=O)CC1=CSC2=NC(C)=C(C(=O)OC(C)C)[C@@H](c3ccc(OCc4ccccc4)c(OC)c3)N12. The van der Waals surface area contributed by atoms with Crippen LogP contribution in [0.3, 0.4) is 0 Å². The van der Waals surface area contributed by atoms with Crippen LogP contribution < -0.4 is 9.47 Å². The molecule has 9 heteroatoms. The third kappa shape index (κ3) is 6.30. The molecule has 1 amide bonds. The van der Waals surface area contributed by atoms with E-state index in [2.05, 4.69) is 0 Å². The van der Waals surface area contributed by atoms with Crippen LogP contribution in [0.5, 0.6) is 11.5 Å². The standard InChI is InChI=1S/C30H35N3O5S/c1-7-32(5)26(34)16-23-18-39-30-31-20(4)27(29(35)38-19(2)3)28(33(23)30)22-13-14-24(25(15-22)36-6)37-17-21-11-9-8-10-12-21/h8-15,18-19,28H,7,16-17H2,1-6H3/t28-/m1/s1. The van der Waals surface area contributed by atoms with Gasteiger partial charge in [-0.15, -0.1) is 0 Å². The molecule has 0 saturated carbocycles. The van der Waals surface area contributed by atoms with Crippen LogP contribution in [0.25, 0.3) is 0 Å². The topological polar surface area (TPSA) is 80.7 Å². The zero-order valence-corrected chi connectivity index (χ0v) is 24.1. The van der Waals surface area contributed by atoms with Crippen molar-refractivity contribution in [3.05, 3.63) is 82.0 Å². The van der Waals surface area contributed by atoms with Crippen molar-refractivity contribution in [1.82, 2.24) is 9.80 Å². The zero-order chi connectivity index (χ0) is 28.1. The summed E-state index contributed by atoms with van der Waals surface area (Å²) < 4.78 is 17.4. The van der Waals surface area contributed by atoms with E-state index < -0.39 is 12.0 Å². The highest BCUT2D eigenvalue weighted by atomic mass is 32.2. The fourth-order valence-corrected chi connectivity index (χ4v) is 5.36. The minimum atomic E-state index is -0.554. The molecule has 0 fully saturated rings. The Morgan fingerprint density at radius 1 is 1.13 bits per heavy atom. The van der Waals surface area contributed by atoms with Crippen molar-refractivity contribution in [1.29, 1.82) is 0 Å². The molecule has 2 aromatic rings. The van der Waals surface area contributed by atoms with Crippen LogP contribution in [0, 0.1) is 0 Å². The van der Waals surface area contributed by atoms with Gasteiger partial charge in [-0.3, -0.25) is 4.79 Å². The smallest absolute Gasteiger partial charge is 0.338 e. The summed E-state index contributed by atoms with van der Waals surface area (Å²) in [5, 5.41) is 2.65. The number of aliphatic imine (C=N–C) groups is 1. The van der Waals surface area contributed by atoms with E-state index >= 15 is 0 Å². The molecule has 2 aliphatic rings. The van der Waals surface area contributed by atoms with Crippen LogP contribution in [0.1, 0.15) is 51.3 Å². The van der Waals surface area contributed by atoms with Crippen LogP contribution in [0.15, 0.2) is 75.9 Å². The van der Waals surface area contributed by atoms with Crippen molar-refractivity contribution < 1.29 is 23.8 Å². The van der Waals surface area contributed by atoms with E-state index in [9.17, 15) is 9.59 Å². The second kappa shape index (κ2) is 12.4. The van der Waals surface area contributed by atoms with Crippen molar-refractivity contribution >= 4 is 28.8 Å². The average Bonchev–Trinajstić information content (AvgIpc) is 3.32. The van der Waals surface area contributed by atoms with Gasteiger partial charge in [-0.05, 0) is 56.4 Å². The number of nitrogens with zero attached hydrogens (tertiary/aromatic N) is 3. The highest BCUT2D eigenvalue weighted by molar-refractivity contribution is 8.16. The maximum Gasteiger partial charge on any atom is 0.338 e. The summed E-state index contributed by atoms with van der Waals surface area (Å²) in [6.45, 7) is 8.39. The number of hydrogen-bond donors (Lipinski definition) is 0. The van der Waals surface area contributed by atoms with Crippen molar-refractivity contribution in [2.75, 3.05) is 20.7 Å². The lowest BCUT2D eigenvalue weighted by atomic mass is 9.93. The van der Waals surface area contributed by atoms with Gasteiger partial charge in [0.25, 0.3) is 0 Å². The zero-order valence-electron chi connectivity index (χ0n) is 23.3. The van der Waals surface area contributed by atoms with Gasteiger partial charge < -0.3 is 24.0 Å². The number of fused-ring (bicyclic) bond motifs is 1. The molecular weight excluding hydrogens is 514 g/mol. The Morgan fingerprint density at radius 2 is 1.87 bits per heavy atom. The highest BCUT2D eigenvalue weighted by Crippen LogP contribution is 2.46. The van der Waals surface area contributed by atoms with Gasteiger partial charge in [0.05, 0.1) is 36.9 Å². The lowest BCUT2D eigenvalue weighted by molar-refractivity contribution is -0.143. The Balaban J connectivity index is 1.73. The number of ether oxygens (including phenoxy) is 3. The van der Waals surface area contributed by atoms with E-state index in [-0.39, 0.29) is 18.4 Å². The van der Waals surface area contributed by atoms with Gasteiger partial charge >= 0.3 is 5.97 Å². The molecule has 4 rings (SSSR count). The van der Waals surface area contributed by atoms with Crippen molar-refractivity contribution in [2.45, 2.75) is 52.9 Å². The number of hydrogen-bond acceptors (Lipinski definition) is 8. The van der Waals surface area contributed by atoms with Crippen LogP contribution in [-0.2, 0) is 20.9 Å². The molecule has 2 heterocycles. The predicted molar refractivity (Wildman–Crippen MR) is 153 cm³/mol. The van der Waals surface area contributed by atoms with Crippen molar-refractivity contribution in [2.24, 2.45) is 4.99 Å². The van der Waals surface area contributed by atoms with E-state index in [1.807, 2.05) is 86.5 Å². The number of rotatable bonds is 10. The molecule has 0 aliphatic carbocycles. The van der Waals surface area contributed by atoms with E-state index in [1.165, 1.54) is 11.8 Å². The maximum atomic E-state index is 13.4. The third-order valence-electron chi connectivity index (χ3n) is 6.54. The number of methoxy groups -OCH3 is 1. The minimum absolute atomic E-state index is 0.0100. The largest absolute Gasteiger partial charge is 0.493 e. The molecule has 0 radical (unpaired) electrons. The van der Waals surface area contributed by atoms with E-state index in [0.717, 1.165) is 16.8 Å². The summed E-state index contributed by atoms with van der Waals surface area (Å²) in [6, 6.07) is 15.0. The normalized spacial score (nSPS) is 16.5. The molecular formula is C30H35N3O5S. The number of carbonyl (C=O) groups excluding carboxylic acids is 2. The number of benzene rings is 2. The Morgan fingerprint density at radius 3 is 2.54 bits per heavy atom. The Kier molecular flexibility index (Phi) is 9.01. The van der Waals surface area contributed by atoms with Gasteiger partial charge in [-0.2, -0.15) is 0 Å². The van der Waals surface area contributed by atoms with Crippen LogP contribution >= 0.6 is 11.8 Å². The third-order valence-corrected chi connectivity index (χ3v) is 7.43. The second-order valence-electron chi connectivity index (χ2n) is 9.62. The minimum Gasteiger partial charge on any atom is -0.493 e. The molecule has 8 nitrogen and oxygen atoms in total. The summed E-state index contributed by atoms with van der Waals surface area (Å²) in [4.78, 5) is 34.7. The molecule has 2 aromatic carbocycles. The molecule has 0 spiro atoms. The summed E-state index contributed by atoms with van der Waals surface area (Å²) in [6.07, 6.45) is -0.108. The lowest BCUT2D eigenvalue weighted by Gasteiger charge is -2.37. The van der Waals surface area contributed by atoms with Gasteiger partial charge in [0.1, 0.15) is 6.61 Å². The number of thioether (sulfide) groups is 1. The van der Waals surface area contributed by atoms with Crippen LogP contribution in [0.2, 0.25) is 0 Å². The average molecular weight is 550 g/mol. The summed E-state index contributed by atoms with van der Waals surface area (Å²) in [7, 11) is 3.37. The lowest BCUT2D eigenvalue weighted by Crippen LogP contribution is -2.38. The van der Waals surface area contributed by atoms with E-state index in [0.29, 0.717) is 41.1 Å².